The third-order valence-corrected chi connectivity index (χ3v) is 4.18. The minimum atomic E-state index is -3.01. The Morgan fingerprint density at radius 3 is 2.61 bits per heavy atom. The number of alkyl halides is 2. The van der Waals surface area contributed by atoms with Crippen LogP contribution in [0.1, 0.15) is 12.5 Å². The summed E-state index contributed by atoms with van der Waals surface area (Å²) < 4.78 is 29.3. The lowest BCUT2D eigenvalue weighted by Crippen LogP contribution is -2.49. The van der Waals surface area contributed by atoms with Crippen LogP contribution in [0.4, 0.5) is 8.78 Å². The molecule has 2 N–H and O–H groups in total. The van der Waals surface area contributed by atoms with E-state index in [0.29, 0.717) is 11.5 Å². The van der Waals surface area contributed by atoms with Gasteiger partial charge in [0, 0.05) is 23.0 Å². The predicted molar refractivity (Wildman–Crippen MR) is 87.7 cm³/mol. The van der Waals surface area contributed by atoms with Crippen LogP contribution in [-0.2, 0) is 11.3 Å². The van der Waals surface area contributed by atoms with Gasteiger partial charge in [0.25, 0.3) is 0 Å². The van der Waals surface area contributed by atoms with E-state index in [1.54, 1.807) is 0 Å². The minimum absolute atomic E-state index is 0. The second-order valence-electron chi connectivity index (χ2n) is 5.18. The molecule has 1 aromatic carbocycles. The number of benzene rings is 1. The smallest absolute Gasteiger partial charge is 0.387 e. The summed E-state index contributed by atoms with van der Waals surface area (Å²) in [4.78, 5) is 12.1. The van der Waals surface area contributed by atoms with Crippen LogP contribution in [0, 0.1) is 11.8 Å². The van der Waals surface area contributed by atoms with Gasteiger partial charge < -0.3 is 15.4 Å². The predicted octanol–water partition coefficient (Wildman–Crippen LogP) is 3.49. The summed E-state index contributed by atoms with van der Waals surface area (Å²) in [6, 6.07) is 2.76. The summed E-state index contributed by atoms with van der Waals surface area (Å²) in [5, 5.41) is 6.07. The van der Waals surface area contributed by atoms with Gasteiger partial charge in [0.2, 0.25) is 5.91 Å². The number of ether oxygens (including phenoxy) is 1. The van der Waals surface area contributed by atoms with Crippen LogP contribution in [0.3, 0.4) is 0 Å². The SMILES string of the molecule is CC(C(=O)NCc1cc(Cl)cc(Cl)c1OC(F)F)C1CNC1.Cl. The van der Waals surface area contributed by atoms with Gasteiger partial charge in [-0.1, -0.05) is 30.1 Å². The molecule has 130 valence electrons. The molecular weight excluding hydrogens is 373 g/mol. The standard InChI is InChI=1S/C14H16Cl2F2N2O2.ClH/c1-7(9-4-19-5-9)13(21)20-6-8-2-10(15)3-11(16)12(8)22-14(17)18;/h2-3,7,9,14,19H,4-6H2,1H3,(H,20,21);1H. The molecule has 1 heterocycles. The third-order valence-electron chi connectivity index (χ3n) is 3.68. The highest BCUT2D eigenvalue weighted by Gasteiger charge is 2.28. The van der Waals surface area contributed by atoms with E-state index in [-0.39, 0.29) is 46.6 Å². The van der Waals surface area contributed by atoms with Crippen LogP contribution in [0.15, 0.2) is 12.1 Å². The summed E-state index contributed by atoms with van der Waals surface area (Å²) in [5.41, 5.74) is 0.310. The maximum Gasteiger partial charge on any atom is 0.387 e. The summed E-state index contributed by atoms with van der Waals surface area (Å²) in [6.45, 7) is 0.455. The van der Waals surface area contributed by atoms with Crippen molar-refractivity contribution in [3.63, 3.8) is 0 Å². The van der Waals surface area contributed by atoms with E-state index in [9.17, 15) is 13.6 Å². The van der Waals surface area contributed by atoms with E-state index in [1.165, 1.54) is 12.1 Å². The summed E-state index contributed by atoms with van der Waals surface area (Å²) in [6.07, 6.45) is 0. The van der Waals surface area contributed by atoms with Crippen molar-refractivity contribution in [2.45, 2.75) is 20.1 Å². The lowest BCUT2D eigenvalue weighted by Gasteiger charge is -2.31. The van der Waals surface area contributed by atoms with Crippen LogP contribution in [0.2, 0.25) is 10.0 Å². The van der Waals surface area contributed by atoms with E-state index >= 15 is 0 Å². The zero-order valence-corrected chi connectivity index (χ0v) is 14.6. The molecule has 0 aliphatic carbocycles. The first kappa shape index (κ1) is 20.2. The Balaban J connectivity index is 0.00000264. The van der Waals surface area contributed by atoms with Gasteiger partial charge in [-0.25, -0.2) is 0 Å². The van der Waals surface area contributed by atoms with E-state index in [0.717, 1.165) is 13.1 Å². The Morgan fingerprint density at radius 2 is 2.09 bits per heavy atom. The molecule has 0 saturated carbocycles. The normalized spacial score (nSPS) is 15.6. The lowest BCUT2D eigenvalue weighted by atomic mass is 9.88. The average Bonchev–Trinajstić information content (AvgIpc) is 2.37. The Hall–Kier alpha value is -0.820. The Morgan fingerprint density at radius 1 is 1.43 bits per heavy atom. The highest BCUT2D eigenvalue weighted by Crippen LogP contribution is 2.33. The van der Waals surface area contributed by atoms with Gasteiger partial charge in [-0.15, -0.1) is 12.4 Å². The topological polar surface area (TPSA) is 50.4 Å². The van der Waals surface area contributed by atoms with E-state index < -0.39 is 6.61 Å². The lowest BCUT2D eigenvalue weighted by molar-refractivity contribution is -0.126. The molecule has 0 aromatic heterocycles. The van der Waals surface area contributed by atoms with E-state index in [2.05, 4.69) is 15.4 Å². The number of nitrogens with one attached hydrogen (secondary N) is 2. The number of carbonyl (C=O) groups excluding carboxylic acids is 1. The fourth-order valence-corrected chi connectivity index (χ4v) is 2.77. The summed E-state index contributed by atoms with van der Waals surface area (Å²) in [7, 11) is 0. The molecule has 1 atom stereocenters. The Kier molecular flexibility index (Phi) is 7.80. The van der Waals surface area contributed by atoms with Gasteiger partial charge >= 0.3 is 6.61 Å². The van der Waals surface area contributed by atoms with Crippen LogP contribution in [0.5, 0.6) is 5.75 Å². The quantitative estimate of drug-likeness (QED) is 0.783. The first-order valence-corrected chi connectivity index (χ1v) is 7.55. The third kappa shape index (κ3) is 5.35. The van der Waals surface area contributed by atoms with Gasteiger partial charge in [-0.3, -0.25) is 4.79 Å². The molecule has 0 radical (unpaired) electrons. The number of hydrogen-bond acceptors (Lipinski definition) is 3. The molecule has 0 spiro atoms. The first-order chi connectivity index (χ1) is 10.4. The van der Waals surface area contributed by atoms with Gasteiger partial charge in [-0.2, -0.15) is 8.78 Å². The van der Waals surface area contributed by atoms with Crippen molar-refractivity contribution in [3.8, 4) is 5.75 Å². The molecule has 4 nitrogen and oxygen atoms in total. The molecule has 1 aliphatic rings. The average molecular weight is 390 g/mol. The van der Waals surface area contributed by atoms with E-state index in [1.807, 2.05) is 6.92 Å². The molecule has 2 rings (SSSR count). The second kappa shape index (κ2) is 8.87. The molecule has 1 fully saturated rings. The Bertz CT molecular complexity index is 557. The second-order valence-corrected chi connectivity index (χ2v) is 6.02. The van der Waals surface area contributed by atoms with Crippen molar-refractivity contribution in [2.24, 2.45) is 11.8 Å². The highest BCUT2D eigenvalue weighted by molar-refractivity contribution is 6.35. The number of rotatable bonds is 6. The van der Waals surface area contributed by atoms with Crippen LogP contribution in [0.25, 0.3) is 0 Å². The zero-order valence-electron chi connectivity index (χ0n) is 12.2. The summed E-state index contributed by atoms with van der Waals surface area (Å²) in [5.74, 6) is -0.181. The zero-order chi connectivity index (χ0) is 16.3. The molecule has 1 amide bonds. The molecule has 1 aliphatic heterocycles. The van der Waals surface area contributed by atoms with Gasteiger partial charge in [0.15, 0.2) is 0 Å². The molecular formula is C14H17Cl3F2N2O2. The fraction of sp³-hybridized carbons (Fsp3) is 0.500. The van der Waals surface area contributed by atoms with Crippen molar-refractivity contribution in [1.82, 2.24) is 10.6 Å². The number of halogens is 5. The van der Waals surface area contributed by atoms with Gasteiger partial charge in [0.05, 0.1) is 5.02 Å². The maximum absolute atomic E-state index is 12.5. The maximum atomic E-state index is 12.5. The largest absolute Gasteiger partial charge is 0.433 e. The van der Waals surface area contributed by atoms with E-state index in [4.69, 9.17) is 23.2 Å². The molecule has 1 unspecified atom stereocenters. The summed E-state index contributed by atoms with van der Waals surface area (Å²) >= 11 is 11.7. The minimum Gasteiger partial charge on any atom is -0.433 e. The monoisotopic (exact) mass is 388 g/mol. The van der Waals surface area contributed by atoms with Gasteiger partial charge in [0.1, 0.15) is 5.75 Å². The number of amides is 1. The highest BCUT2D eigenvalue weighted by atomic mass is 35.5. The molecule has 0 bridgehead atoms. The molecule has 9 heteroatoms. The van der Waals surface area contributed by atoms with Gasteiger partial charge in [-0.05, 0) is 31.1 Å². The molecule has 1 saturated heterocycles. The van der Waals surface area contributed by atoms with Crippen molar-refractivity contribution >= 4 is 41.5 Å². The number of carbonyl (C=O) groups is 1. The van der Waals surface area contributed by atoms with Crippen LogP contribution < -0.4 is 15.4 Å². The first-order valence-electron chi connectivity index (χ1n) is 6.79. The van der Waals surface area contributed by atoms with Crippen molar-refractivity contribution in [2.75, 3.05) is 13.1 Å². The Labute approximate surface area is 149 Å². The van der Waals surface area contributed by atoms with Crippen molar-refractivity contribution in [3.05, 3.63) is 27.7 Å². The fourth-order valence-electron chi connectivity index (χ4n) is 2.19. The molecule has 23 heavy (non-hydrogen) atoms. The van der Waals surface area contributed by atoms with Crippen molar-refractivity contribution < 1.29 is 18.3 Å². The van der Waals surface area contributed by atoms with Crippen LogP contribution in [-0.4, -0.2) is 25.6 Å². The van der Waals surface area contributed by atoms with Crippen LogP contribution >= 0.6 is 35.6 Å². The molecule has 1 aromatic rings. The number of hydrogen-bond donors (Lipinski definition) is 2. The van der Waals surface area contributed by atoms with Crippen molar-refractivity contribution in [1.29, 1.82) is 0 Å².